The van der Waals surface area contributed by atoms with Crippen LogP contribution >= 0.6 is 11.8 Å². The lowest BCUT2D eigenvalue weighted by atomic mass is 10.3. The van der Waals surface area contributed by atoms with Crippen molar-refractivity contribution in [2.75, 3.05) is 13.1 Å². The second-order valence-corrected chi connectivity index (χ2v) is 6.87. The van der Waals surface area contributed by atoms with Crippen LogP contribution in [-0.4, -0.2) is 48.7 Å². The first-order valence-electron chi connectivity index (χ1n) is 7.51. The third-order valence-corrected chi connectivity index (χ3v) is 5.09. The number of hydrogen-bond acceptors (Lipinski definition) is 4. The molecule has 1 amide bonds. The number of fused-ring (bicyclic) bond motifs is 3. The number of H-pyrrole nitrogens is 1. The Balaban J connectivity index is 1.64. The molecule has 0 aliphatic carbocycles. The standard InChI is InChI=1S/C15H17N5OS/c1-10(13(21)19-8-4-5-9-19)22-15-18-17-14-16-11-6-2-3-7-12(11)20(14)15/h2-3,6-7,10H,4-5,8-9H2,1H3,(H,16,17). The van der Waals surface area contributed by atoms with E-state index in [0.717, 1.165) is 42.1 Å². The van der Waals surface area contributed by atoms with Gasteiger partial charge in [-0.3, -0.25) is 9.20 Å². The van der Waals surface area contributed by atoms with Crippen molar-refractivity contribution in [3.8, 4) is 0 Å². The molecule has 6 nitrogen and oxygen atoms in total. The van der Waals surface area contributed by atoms with Crippen LogP contribution in [0.5, 0.6) is 0 Å². The van der Waals surface area contributed by atoms with Gasteiger partial charge in [0.1, 0.15) is 0 Å². The lowest BCUT2D eigenvalue weighted by Gasteiger charge is -2.19. The predicted octanol–water partition coefficient (Wildman–Crippen LogP) is 2.31. The number of carbonyl (C=O) groups excluding carboxylic acids is 1. The average molecular weight is 315 g/mol. The summed E-state index contributed by atoms with van der Waals surface area (Å²) in [6.45, 7) is 3.71. The summed E-state index contributed by atoms with van der Waals surface area (Å²) in [4.78, 5) is 18.9. The maximum atomic E-state index is 12.5. The van der Waals surface area contributed by atoms with E-state index in [1.54, 1.807) is 0 Å². The van der Waals surface area contributed by atoms with Gasteiger partial charge < -0.3 is 4.90 Å². The van der Waals surface area contributed by atoms with E-state index in [-0.39, 0.29) is 11.2 Å². The lowest BCUT2D eigenvalue weighted by molar-refractivity contribution is -0.129. The van der Waals surface area contributed by atoms with Crippen molar-refractivity contribution in [2.45, 2.75) is 30.2 Å². The predicted molar refractivity (Wildman–Crippen MR) is 86.0 cm³/mol. The Morgan fingerprint density at radius 2 is 2.09 bits per heavy atom. The fraction of sp³-hybridized carbons (Fsp3) is 0.400. The molecular weight excluding hydrogens is 298 g/mol. The van der Waals surface area contributed by atoms with Gasteiger partial charge in [-0.05, 0) is 31.9 Å². The number of carbonyl (C=O) groups is 1. The Kier molecular flexibility index (Phi) is 3.29. The molecule has 22 heavy (non-hydrogen) atoms. The zero-order chi connectivity index (χ0) is 15.1. The number of amides is 1. The van der Waals surface area contributed by atoms with Crippen molar-refractivity contribution < 1.29 is 4.79 Å². The highest BCUT2D eigenvalue weighted by Gasteiger charge is 2.25. The van der Waals surface area contributed by atoms with Crippen LogP contribution < -0.4 is 0 Å². The monoisotopic (exact) mass is 315 g/mol. The largest absolute Gasteiger partial charge is 0.342 e. The highest BCUT2D eigenvalue weighted by atomic mass is 32.2. The van der Waals surface area contributed by atoms with Gasteiger partial charge in [0, 0.05) is 13.1 Å². The molecule has 0 saturated carbocycles. The van der Waals surface area contributed by atoms with Crippen LogP contribution in [0.2, 0.25) is 0 Å². The molecule has 4 rings (SSSR count). The third-order valence-electron chi connectivity index (χ3n) is 4.05. The van der Waals surface area contributed by atoms with E-state index in [1.807, 2.05) is 40.5 Å². The molecule has 1 saturated heterocycles. The number of aromatic amines is 1. The number of likely N-dealkylation sites (tertiary alicyclic amines) is 1. The summed E-state index contributed by atoms with van der Waals surface area (Å²) in [5.41, 5.74) is 1.94. The molecule has 7 heteroatoms. The van der Waals surface area contributed by atoms with Crippen LogP contribution in [0.3, 0.4) is 0 Å². The van der Waals surface area contributed by atoms with Crippen LogP contribution in [-0.2, 0) is 4.79 Å². The van der Waals surface area contributed by atoms with Crippen LogP contribution in [0, 0.1) is 0 Å². The summed E-state index contributed by atoms with van der Waals surface area (Å²) in [5, 5.41) is 7.90. The maximum absolute atomic E-state index is 12.5. The highest BCUT2D eigenvalue weighted by Crippen LogP contribution is 2.27. The number of nitrogens with one attached hydrogen (secondary N) is 1. The molecule has 114 valence electrons. The minimum atomic E-state index is -0.147. The van der Waals surface area contributed by atoms with Crippen LogP contribution in [0.25, 0.3) is 16.8 Å². The van der Waals surface area contributed by atoms with Crippen LogP contribution in [0.4, 0.5) is 0 Å². The van der Waals surface area contributed by atoms with E-state index in [4.69, 9.17) is 0 Å². The molecule has 0 radical (unpaired) electrons. The van der Waals surface area contributed by atoms with Crippen molar-refractivity contribution in [1.29, 1.82) is 0 Å². The Bertz CT molecular complexity index is 833. The molecule has 1 N–H and O–H groups in total. The topological polar surface area (TPSA) is 66.3 Å². The van der Waals surface area contributed by atoms with Gasteiger partial charge in [-0.15, -0.1) is 5.10 Å². The Hall–Kier alpha value is -2.02. The number of rotatable bonds is 3. The second-order valence-electron chi connectivity index (χ2n) is 5.56. The summed E-state index contributed by atoms with van der Waals surface area (Å²) < 4.78 is 1.98. The van der Waals surface area contributed by atoms with Crippen molar-refractivity contribution in [1.82, 2.24) is 24.5 Å². The molecule has 1 atom stereocenters. The quantitative estimate of drug-likeness (QED) is 0.753. The average Bonchev–Trinajstić information content (AvgIpc) is 3.23. The summed E-state index contributed by atoms with van der Waals surface area (Å²) in [6.07, 6.45) is 2.23. The van der Waals surface area contributed by atoms with E-state index in [2.05, 4.69) is 15.2 Å². The Morgan fingerprint density at radius 1 is 1.32 bits per heavy atom. The summed E-state index contributed by atoms with van der Waals surface area (Å²) in [6, 6.07) is 7.94. The molecule has 1 aliphatic heterocycles. The summed E-state index contributed by atoms with van der Waals surface area (Å²) >= 11 is 1.48. The molecule has 3 heterocycles. The number of aromatic nitrogens is 4. The number of para-hydroxylation sites is 2. The number of imidazole rings is 1. The fourth-order valence-corrected chi connectivity index (χ4v) is 3.88. The van der Waals surface area contributed by atoms with Crippen LogP contribution in [0.15, 0.2) is 29.4 Å². The van der Waals surface area contributed by atoms with Gasteiger partial charge in [0.05, 0.1) is 16.3 Å². The van der Waals surface area contributed by atoms with E-state index in [1.165, 1.54) is 11.8 Å². The van der Waals surface area contributed by atoms with Gasteiger partial charge in [-0.25, -0.2) is 10.1 Å². The van der Waals surface area contributed by atoms with Crippen molar-refractivity contribution >= 4 is 34.5 Å². The number of nitrogens with zero attached hydrogens (tertiary/aromatic N) is 4. The minimum absolute atomic E-state index is 0.147. The van der Waals surface area contributed by atoms with Crippen molar-refractivity contribution in [2.24, 2.45) is 0 Å². The van der Waals surface area contributed by atoms with Gasteiger partial charge in [-0.1, -0.05) is 23.9 Å². The molecule has 1 fully saturated rings. The SMILES string of the molecule is CC(Sc1n[nH]c2nc3ccccc3n12)C(=O)N1CCCC1. The number of thioether (sulfide) groups is 1. The lowest BCUT2D eigenvalue weighted by Crippen LogP contribution is -2.34. The van der Waals surface area contributed by atoms with Gasteiger partial charge in [0.15, 0.2) is 5.16 Å². The molecule has 1 aromatic carbocycles. The maximum Gasteiger partial charge on any atom is 0.235 e. The molecule has 3 aromatic rings. The zero-order valence-corrected chi connectivity index (χ0v) is 13.1. The first kappa shape index (κ1) is 13.6. The summed E-state index contributed by atoms with van der Waals surface area (Å²) in [5.74, 6) is 0.910. The van der Waals surface area contributed by atoms with E-state index < -0.39 is 0 Å². The number of benzene rings is 1. The number of hydrogen-bond donors (Lipinski definition) is 1. The normalized spacial score (nSPS) is 16.7. The Morgan fingerprint density at radius 3 is 2.91 bits per heavy atom. The van der Waals surface area contributed by atoms with E-state index in [9.17, 15) is 4.79 Å². The molecule has 0 spiro atoms. The molecule has 1 unspecified atom stereocenters. The second kappa shape index (κ2) is 5.31. The minimum Gasteiger partial charge on any atom is -0.342 e. The van der Waals surface area contributed by atoms with Gasteiger partial charge in [-0.2, -0.15) is 0 Å². The van der Waals surface area contributed by atoms with Gasteiger partial charge in [0.2, 0.25) is 11.7 Å². The van der Waals surface area contributed by atoms with Gasteiger partial charge >= 0.3 is 0 Å². The first-order chi connectivity index (χ1) is 10.7. The Labute approximate surface area is 131 Å². The molecule has 2 aromatic heterocycles. The molecule has 1 aliphatic rings. The first-order valence-corrected chi connectivity index (χ1v) is 8.39. The van der Waals surface area contributed by atoms with E-state index >= 15 is 0 Å². The van der Waals surface area contributed by atoms with Gasteiger partial charge in [0.25, 0.3) is 0 Å². The fourth-order valence-electron chi connectivity index (χ4n) is 2.92. The zero-order valence-electron chi connectivity index (χ0n) is 12.3. The third kappa shape index (κ3) is 2.16. The molecule has 0 bridgehead atoms. The smallest absolute Gasteiger partial charge is 0.235 e. The van der Waals surface area contributed by atoms with Crippen LogP contribution in [0.1, 0.15) is 19.8 Å². The highest BCUT2D eigenvalue weighted by molar-refractivity contribution is 8.00. The summed E-state index contributed by atoms with van der Waals surface area (Å²) in [7, 11) is 0. The molecular formula is C15H17N5OS. The van der Waals surface area contributed by atoms with Crippen molar-refractivity contribution in [3.05, 3.63) is 24.3 Å². The van der Waals surface area contributed by atoms with E-state index in [0.29, 0.717) is 5.78 Å². The van der Waals surface area contributed by atoms with Crippen molar-refractivity contribution in [3.63, 3.8) is 0 Å².